The summed E-state index contributed by atoms with van der Waals surface area (Å²) in [4.78, 5) is 11.0. The van der Waals surface area contributed by atoms with Gasteiger partial charge in [0.2, 0.25) is 0 Å². The van der Waals surface area contributed by atoms with Gasteiger partial charge < -0.3 is 5.11 Å². The number of aryl methyl sites for hydroxylation is 1. The zero-order valence-electron chi connectivity index (χ0n) is 14.9. The first kappa shape index (κ1) is 17.0. The molecule has 132 valence electrons. The van der Waals surface area contributed by atoms with E-state index in [4.69, 9.17) is 5.11 Å². The third kappa shape index (κ3) is 3.75. The number of aliphatic carboxylic acids is 1. The van der Waals surface area contributed by atoms with E-state index in [-0.39, 0.29) is 6.42 Å². The quantitative estimate of drug-likeness (QED) is 0.465. The van der Waals surface area contributed by atoms with Crippen LogP contribution in [0.4, 0.5) is 0 Å². The molecule has 2 heteroatoms. The van der Waals surface area contributed by atoms with Gasteiger partial charge in [-0.3, -0.25) is 4.79 Å². The zero-order valence-corrected chi connectivity index (χ0v) is 14.9. The van der Waals surface area contributed by atoms with E-state index in [2.05, 4.69) is 54.6 Å². The minimum atomic E-state index is -0.769. The Morgan fingerprint density at radius 3 is 2.19 bits per heavy atom. The lowest BCUT2D eigenvalue weighted by Gasteiger charge is -2.13. The first-order valence-electron chi connectivity index (χ1n) is 9.10. The third-order valence-electron chi connectivity index (χ3n) is 4.86. The fourth-order valence-corrected chi connectivity index (χ4v) is 3.46. The van der Waals surface area contributed by atoms with Gasteiger partial charge in [0.05, 0.1) is 0 Å². The molecule has 27 heavy (non-hydrogen) atoms. The summed E-state index contributed by atoms with van der Waals surface area (Å²) in [6, 6.07) is 31.4. The molecule has 0 bridgehead atoms. The van der Waals surface area contributed by atoms with Crippen molar-refractivity contribution in [2.45, 2.75) is 12.8 Å². The van der Waals surface area contributed by atoms with Gasteiger partial charge in [0.15, 0.2) is 0 Å². The predicted molar refractivity (Wildman–Crippen MR) is 111 cm³/mol. The van der Waals surface area contributed by atoms with Crippen LogP contribution in [0.3, 0.4) is 0 Å². The zero-order chi connectivity index (χ0) is 18.6. The maximum atomic E-state index is 11.0. The standard InChI is InChI=1S/C25H20O2/c26-25(27)15-11-18-10-14-23(20-7-2-1-3-8-20)24(16-18)22-13-12-19-6-4-5-9-21(19)17-22/h1-10,12-14,16-17H,11,15H2,(H,26,27). The Morgan fingerprint density at radius 2 is 1.41 bits per heavy atom. The van der Waals surface area contributed by atoms with Gasteiger partial charge >= 0.3 is 5.97 Å². The van der Waals surface area contributed by atoms with E-state index in [0.717, 1.165) is 27.8 Å². The highest BCUT2D eigenvalue weighted by molar-refractivity contribution is 5.91. The Balaban J connectivity index is 1.85. The summed E-state index contributed by atoms with van der Waals surface area (Å²) in [6.45, 7) is 0. The smallest absolute Gasteiger partial charge is 0.303 e. The average Bonchev–Trinajstić information content (AvgIpc) is 2.72. The lowest BCUT2D eigenvalue weighted by atomic mass is 9.91. The molecule has 0 aliphatic rings. The number of carboxylic acid groups (broad SMARTS) is 1. The second-order valence-corrected chi connectivity index (χ2v) is 6.70. The van der Waals surface area contributed by atoms with E-state index in [1.165, 1.54) is 10.8 Å². The van der Waals surface area contributed by atoms with Crippen molar-refractivity contribution in [1.29, 1.82) is 0 Å². The van der Waals surface area contributed by atoms with E-state index in [1.54, 1.807) is 0 Å². The van der Waals surface area contributed by atoms with Crippen LogP contribution in [0.15, 0.2) is 91.0 Å². The third-order valence-corrected chi connectivity index (χ3v) is 4.86. The fraction of sp³-hybridized carbons (Fsp3) is 0.0800. The van der Waals surface area contributed by atoms with Gasteiger partial charge in [0, 0.05) is 6.42 Å². The van der Waals surface area contributed by atoms with Crippen molar-refractivity contribution in [2.24, 2.45) is 0 Å². The summed E-state index contributed by atoms with van der Waals surface area (Å²) < 4.78 is 0. The van der Waals surface area contributed by atoms with Crippen molar-refractivity contribution in [2.75, 3.05) is 0 Å². The lowest BCUT2D eigenvalue weighted by Crippen LogP contribution is -1.98. The molecule has 0 radical (unpaired) electrons. The number of benzene rings is 4. The highest BCUT2D eigenvalue weighted by Gasteiger charge is 2.10. The number of hydrogen-bond acceptors (Lipinski definition) is 1. The van der Waals surface area contributed by atoms with Crippen LogP contribution in [-0.4, -0.2) is 11.1 Å². The minimum Gasteiger partial charge on any atom is -0.481 e. The van der Waals surface area contributed by atoms with Crippen LogP contribution >= 0.6 is 0 Å². The molecule has 0 spiro atoms. The van der Waals surface area contributed by atoms with Crippen molar-refractivity contribution in [1.82, 2.24) is 0 Å². The molecule has 0 aliphatic heterocycles. The van der Waals surface area contributed by atoms with Crippen LogP contribution in [0, 0.1) is 0 Å². The molecule has 4 aromatic carbocycles. The summed E-state index contributed by atoms with van der Waals surface area (Å²) in [5.41, 5.74) is 5.63. The van der Waals surface area contributed by atoms with E-state index in [9.17, 15) is 4.79 Å². The molecule has 4 aromatic rings. The number of fused-ring (bicyclic) bond motifs is 1. The second-order valence-electron chi connectivity index (χ2n) is 6.70. The Labute approximate surface area is 158 Å². The van der Waals surface area contributed by atoms with Crippen molar-refractivity contribution < 1.29 is 9.90 Å². The molecule has 0 aromatic heterocycles. The SMILES string of the molecule is O=C(O)CCc1ccc(-c2ccccc2)c(-c2ccc3ccccc3c2)c1. The van der Waals surface area contributed by atoms with Gasteiger partial charge in [-0.05, 0) is 51.1 Å². The first-order valence-corrected chi connectivity index (χ1v) is 9.10. The normalized spacial score (nSPS) is 10.8. The van der Waals surface area contributed by atoms with E-state index >= 15 is 0 Å². The van der Waals surface area contributed by atoms with Crippen molar-refractivity contribution in [3.05, 3.63) is 96.6 Å². The summed E-state index contributed by atoms with van der Waals surface area (Å²) in [5.74, 6) is -0.769. The molecule has 0 amide bonds. The molecule has 0 heterocycles. The lowest BCUT2D eigenvalue weighted by molar-refractivity contribution is -0.136. The van der Waals surface area contributed by atoms with Gasteiger partial charge in [-0.25, -0.2) is 0 Å². The highest BCUT2D eigenvalue weighted by atomic mass is 16.4. The van der Waals surface area contributed by atoms with Crippen LogP contribution in [0.1, 0.15) is 12.0 Å². The van der Waals surface area contributed by atoms with Gasteiger partial charge in [-0.2, -0.15) is 0 Å². The molecule has 4 rings (SSSR count). The van der Waals surface area contributed by atoms with Crippen LogP contribution in [0.5, 0.6) is 0 Å². The molecule has 0 atom stereocenters. The molecule has 0 saturated heterocycles. The number of rotatable bonds is 5. The summed E-state index contributed by atoms with van der Waals surface area (Å²) in [7, 11) is 0. The van der Waals surface area contributed by atoms with Crippen LogP contribution in [0.2, 0.25) is 0 Å². The monoisotopic (exact) mass is 352 g/mol. The summed E-state index contributed by atoms with van der Waals surface area (Å²) >= 11 is 0. The fourth-order valence-electron chi connectivity index (χ4n) is 3.46. The number of carboxylic acids is 1. The van der Waals surface area contributed by atoms with E-state index in [0.29, 0.717) is 6.42 Å². The van der Waals surface area contributed by atoms with Crippen LogP contribution < -0.4 is 0 Å². The largest absolute Gasteiger partial charge is 0.481 e. The van der Waals surface area contributed by atoms with Crippen molar-refractivity contribution in [3.8, 4) is 22.3 Å². The van der Waals surface area contributed by atoms with Gasteiger partial charge in [0.1, 0.15) is 0 Å². The van der Waals surface area contributed by atoms with Gasteiger partial charge in [-0.15, -0.1) is 0 Å². The maximum Gasteiger partial charge on any atom is 0.303 e. The van der Waals surface area contributed by atoms with E-state index < -0.39 is 5.97 Å². The first-order chi connectivity index (χ1) is 13.2. The van der Waals surface area contributed by atoms with Crippen molar-refractivity contribution >= 4 is 16.7 Å². The van der Waals surface area contributed by atoms with Gasteiger partial charge in [-0.1, -0.05) is 84.9 Å². The minimum absolute atomic E-state index is 0.141. The Bertz CT molecular complexity index is 1100. The second kappa shape index (κ2) is 7.46. The Kier molecular flexibility index (Phi) is 4.71. The molecule has 0 unspecified atom stereocenters. The molecule has 1 N–H and O–H groups in total. The van der Waals surface area contributed by atoms with Crippen molar-refractivity contribution in [3.63, 3.8) is 0 Å². The van der Waals surface area contributed by atoms with E-state index in [1.807, 2.05) is 36.4 Å². The predicted octanol–water partition coefficient (Wildman–Crippen LogP) is 6.19. The maximum absolute atomic E-state index is 11.0. The molecule has 0 saturated carbocycles. The molecule has 2 nitrogen and oxygen atoms in total. The number of hydrogen-bond donors (Lipinski definition) is 1. The average molecular weight is 352 g/mol. The highest BCUT2D eigenvalue weighted by Crippen LogP contribution is 2.34. The van der Waals surface area contributed by atoms with Crippen LogP contribution in [0.25, 0.3) is 33.0 Å². The Morgan fingerprint density at radius 1 is 0.667 bits per heavy atom. The van der Waals surface area contributed by atoms with Gasteiger partial charge in [0.25, 0.3) is 0 Å². The molecular formula is C25H20O2. The van der Waals surface area contributed by atoms with Crippen LogP contribution in [-0.2, 0) is 11.2 Å². The summed E-state index contributed by atoms with van der Waals surface area (Å²) in [5, 5.41) is 11.4. The Hall–Kier alpha value is -3.39. The summed E-state index contributed by atoms with van der Waals surface area (Å²) in [6.07, 6.45) is 0.673. The molecule has 0 aliphatic carbocycles. The molecule has 0 fully saturated rings. The number of carbonyl (C=O) groups is 1. The topological polar surface area (TPSA) is 37.3 Å². The molecular weight excluding hydrogens is 332 g/mol.